The van der Waals surface area contributed by atoms with E-state index in [1.807, 2.05) is 24.3 Å². The maximum absolute atomic E-state index is 10.3. The molecular formula is C12H15N3O3. The van der Waals surface area contributed by atoms with Crippen LogP contribution in [0.3, 0.4) is 0 Å². The molecule has 0 bridgehead atoms. The predicted octanol–water partition coefficient (Wildman–Crippen LogP) is 0.774. The third kappa shape index (κ3) is 5.72. The number of primary amides is 1. The lowest BCUT2D eigenvalue weighted by Crippen LogP contribution is -2.23. The quantitative estimate of drug-likeness (QED) is 0.696. The Hall–Kier alpha value is -2.26. The summed E-state index contributed by atoms with van der Waals surface area (Å²) in [5.41, 5.74) is 5.84. The second-order valence-electron chi connectivity index (χ2n) is 3.44. The number of carbonyl (C=O) groups excluding carboxylic acids is 1. The fraction of sp³-hybridized carbons (Fsp3) is 0.333. The number of nitrogens with zero attached hydrogens (tertiary/aromatic N) is 1. The number of nitriles is 1. The van der Waals surface area contributed by atoms with Crippen molar-refractivity contribution in [1.82, 2.24) is 5.32 Å². The van der Waals surface area contributed by atoms with Crippen LogP contribution in [-0.2, 0) is 11.3 Å². The monoisotopic (exact) mass is 249 g/mol. The van der Waals surface area contributed by atoms with Gasteiger partial charge in [-0.05, 0) is 17.7 Å². The van der Waals surface area contributed by atoms with E-state index in [-0.39, 0.29) is 13.2 Å². The largest absolute Gasteiger partial charge is 0.479 e. The summed E-state index contributed by atoms with van der Waals surface area (Å²) in [5.74, 6) is 0.657. The first-order valence-electron chi connectivity index (χ1n) is 5.44. The highest BCUT2D eigenvalue weighted by atomic mass is 16.5. The van der Waals surface area contributed by atoms with Gasteiger partial charge in [0.25, 0.3) is 0 Å². The average Bonchev–Trinajstić information content (AvgIpc) is 2.36. The number of hydrogen-bond donors (Lipinski definition) is 2. The van der Waals surface area contributed by atoms with Gasteiger partial charge in [-0.15, -0.1) is 0 Å². The molecule has 1 amide bonds. The highest BCUT2D eigenvalue weighted by Gasteiger charge is 1.97. The average molecular weight is 249 g/mol. The van der Waals surface area contributed by atoms with Gasteiger partial charge in [0.1, 0.15) is 18.4 Å². The van der Waals surface area contributed by atoms with E-state index in [0.717, 1.165) is 5.56 Å². The molecular weight excluding hydrogens is 234 g/mol. The molecule has 1 aromatic rings. The summed E-state index contributed by atoms with van der Waals surface area (Å²) in [6.45, 7) is 1.40. The number of nitrogens with two attached hydrogens (primary N) is 1. The van der Waals surface area contributed by atoms with E-state index < -0.39 is 6.09 Å². The zero-order valence-corrected chi connectivity index (χ0v) is 9.89. The topological polar surface area (TPSA) is 97.4 Å². The molecule has 0 saturated heterocycles. The van der Waals surface area contributed by atoms with Gasteiger partial charge in [-0.3, -0.25) is 0 Å². The number of rotatable bonds is 7. The summed E-state index contributed by atoms with van der Waals surface area (Å²) in [7, 11) is 0. The van der Waals surface area contributed by atoms with Crippen LogP contribution in [-0.4, -0.2) is 25.9 Å². The van der Waals surface area contributed by atoms with Crippen molar-refractivity contribution >= 4 is 6.09 Å². The van der Waals surface area contributed by atoms with E-state index in [4.69, 9.17) is 15.7 Å². The molecule has 0 heterocycles. The molecule has 96 valence electrons. The Morgan fingerprint density at radius 1 is 1.50 bits per heavy atom. The van der Waals surface area contributed by atoms with Crippen molar-refractivity contribution in [3.63, 3.8) is 0 Å². The Morgan fingerprint density at radius 2 is 2.33 bits per heavy atom. The second-order valence-corrected chi connectivity index (χ2v) is 3.44. The highest BCUT2D eigenvalue weighted by molar-refractivity contribution is 5.64. The molecule has 3 N–H and O–H groups in total. The lowest BCUT2D eigenvalue weighted by molar-refractivity contribution is 0.157. The Bertz CT molecular complexity index is 429. The Balaban J connectivity index is 2.29. The van der Waals surface area contributed by atoms with Crippen molar-refractivity contribution in [3.8, 4) is 11.8 Å². The van der Waals surface area contributed by atoms with Gasteiger partial charge in [-0.2, -0.15) is 5.26 Å². The van der Waals surface area contributed by atoms with E-state index in [1.54, 1.807) is 6.07 Å². The first-order valence-corrected chi connectivity index (χ1v) is 5.44. The number of carbonyl (C=O) groups is 1. The zero-order chi connectivity index (χ0) is 13.2. The predicted molar refractivity (Wildman–Crippen MR) is 64.8 cm³/mol. The molecule has 1 rings (SSSR count). The Labute approximate surface area is 105 Å². The van der Waals surface area contributed by atoms with Crippen LogP contribution in [0.5, 0.6) is 5.75 Å². The van der Waals surface area contributed by atoms with Crippen molar-refractivity contribution < 1.29 is 14.3 Å². The molecule has 6 heteroatoms. The summed E-state index contributed by atoms with van der Waals surface area (Å²) in [6, 6.07) is 9.33. The third-order valence-electron chi connectivity index (χ3n) is 2.05. The van der Waals surface area contributed by atoms with Crippen molar-refractivity contribution in [2.45, 2.75) is 6.54 Å². The normalized spacial score (nSPS) is 9.50. The molecule has 6 nitrogen and oxygen atoms in total. The minimum atomic E-state index is -0.774. The van der Waals surface area contributed by atoms with Gasteiger partial charge in [-0.1, -0.05) is 12.1 Å². The second kappa shape index (κ2) is 7.92. The molecule has 0 aliphatic rings. The van der Waals surface area contributed by atoms with Crippen LogP contribution >= 0.6 is 0 Å². The number of benzene rings is 1. The van der Waals surface area contributed by atoms with Crippen LogP contribution in [0, 0.1) is 11.3 Å². The molecule has 0 unspecified atom stereocenters. The van der Waals surface area contributed by atoms with Gasteiger partial charge in [0.05, 0.1) is 0 Å². The fourth-order valence-corrected chi connectivity index (χ4v) is 1.32. The summed E-state index contributed by atoms with van der Waals surface area (Å²) in [4.78, 5) is 10.3. The van der Waals surface area contributed by atoms with Crippen molar-refractivity contribution in [1.29, 1.82) is 5.26 Å². The van der Waals surface area contributed by atoms with Gasteiger partial charge in [0.2, 0.25) is 0 Å². The first-order chi connectivity index (χ1) is 8.72. The molecule has 0 aliphatic carbocycles. The smallest absolute Gasteiger partial charge is 0.404 e. The maximum Gasteiger partial charge on any atom is 0.404 e. The molecule has 0 fully saturated rings. The molecule has 1 aromatic carbocycles. The molecule has 0 spiro atoms. The molecule has 0 radical (unpaired) electrons. The van der Waals surface area contributed by atoms with Crippen LogP contribution in [0.25, 0.3) is 0 Å². The van der Waals surface area contributed by atoms with E-state index in [1.165, 1.54) is 0 Å². The van der Waals surface area contributed by atoms with E-state index in [0.29, 0.717) is 18.8 Å². The summed E-state index contributed by atoms with van der Waals surface area (Å²) in [6.07, 6.45) is -0.774. The highest BCUT2D eigenvalue weighted by Crippen LogP contribution is 2.12. The van der Waals surface area contributed by atoms with Crippen LogP contribution in [0.15, 0.2) is 24.3 Å². The summed E-state index contributed by atoms with van der Waals surface area (Å²) in [5, 5.41) is 11.5. The molecule has 0 aliphatic heterocycles. The summed E-state index contributed by atoms with van der Waals surface area (Å²) >= 11 is 0. The van der Waals surface area contributed by atoms with E-state index in [2.05, 4.69) is 10.1 Å². The molecule has 18 heavy (non-hydrogen) atoms. The van der Waals surface area contributed by atoms with Gasteiger partial charge >= 0.3 is 6.09 Å². The Kier molecular flexibility index (Phi) is 6.08. The number of hydrogen-bond acceptors (Lipinski definition) is 5. The molecule has 0 aromatic heterocycles. The zero-order valence-electron chi connectivity index (χ0n) is 9.89. The number of nitrogens with one attached hydrogen (secondary N) is 1. The van der Waals surface area contributed by atoms with Crippen LogP contribution in [0.2, 0.25) is 0 Å². The maximum atomic E-state index is 10.3. The van der Waals surface area contributed by atoms with Crippen molar-refractivity contribution in [2.75, 3.05) is 19.8 Å². The van der Waals surface area contributed by atoms with Gasteiger partial charge in [0, 0.05) is 13.1 Å². The lowest BCUT2D eigenvalue weighted by atomic mass is 10.2. The SMILES string of the molecule is N#CCOc1cccc(CNCCOC(N)=O)c1. The van der Waals surface area contributed by atoms with Crippen LogP contribution in [0.4, 0.5) is 4.79 Å². The standard InChI is InChI=1S/C12H15N3O3/c13-4-6-17-11-3-1-2-10(8-11)9-15-5-7-18-12(14)16/h1-3,8,15H,5-7,9H2,(H2,14,16). The fourth-order valence-electron chi connectivity index (χ4n) is 1.32. The molecule has 0 saturated carbocycles. The first kappa shape index (κ1) is 13.8. The van der Waals surface area contributed by atoms with Gasteiger partial charge in [-0.25, -0.2) is 4.79 Å². The summed E-state index contributed by atoms with van der Waals surface area (Å²) < 4.78 is 9.75. The van der Waals surface area contributed by atoms with Gasteiger partial charge < -0.3 is 20.5 Å². The van der Waals surface area contributed by atoms with E-state index >= 15 is 0 Å². The lowest BCUT2D eigenvalue weighted by Gasteiger charge is -2.07. The minimum Gasteiger partial charge on any atom is -0.479 e. The number of amides is 1. The molecule has 0 atom stereocenters. The van der Waals surface area contributed by atoms with Crippen molar-refractivity contribution in [3.05, 3.63) is 29.8 Å². The van der Waals surface area contributed by atoms with E-state index in [9.17, 15) is 4.79 Å². The van der Waals surface area contributed by atoms with Crippen molar-refractivity contribution in [2.24, 2.45) is 5.73 Å². The van der Waals surface area contributed by atoms with Crippen LogP contribution in [0.1, 0.15) is 5.56 Å². The number of ether oxygens (including phenoxy) is 2. The van der Waals surface area contributed by atoms with Crippen LogP contribution < -0.4 is 15.8 Å². The Morgan fingerprint density at radius 3 is 3.06 bits per heavy atom. The minimum absolute atomic E-state index is 0.0311. The van der Waals surface area contributed by atoms with Gasteiger partial charge in [0.15, 0.2) is 6.61 Å². The third-order valence-corrected chi connectivity index (χ3v) is 2.05.